The molecule has 1 aliphatic heterocycles. The number of rotatable bonds is 6. The van der Waals surface area contributed by atoms with Gasteiger partial charge >= 0.3 is 0 Å². The van der Waals surface area contributed by atoms with E-state index in [1.807, 2.05) is 12.1 Å². The van der Waals surface area contributed by atoms with Crippen LogP contribution in [0.1, 0.15) is 70.3 Å². The van der Waals surface area contributed by atoms with Crippen molar-refractivity contribution >= 4 is 0 Å². The van der Waals surface area contributed by atoms with E-state index in [-0.39, 0.29) is 17.8 Å². The van der Waals surface area contributed by atoms with E-state index in [9.17, 15) is 9.50 Å². The van der Waals surface area contributed by atoms with Crippen molar-refractivity contribution in [2.45, 2.75) is 76.2 Å². The summed E-state index contributed by atoms with van der Waals surface area (Å²) in [5.41, 5.74) is 1.37. The second kappa shape index (κ2) is 8.64. The number of hydrogen-bond donors (Lipinski definition) is 1. The first-order chi connectivity index (χ1) is 12.1. The van der Waals surface area contributed by atoms with Gasteiger partial charge in [-0.2, -0.15) is 0 Å². The van der Waals surface area contributed by atoms with Crippen LogP contribution in [0.15, 0.2) is 24.3 Å². The van der Waals surface area contributed by atoms with E-state index in [1.54, 1.807) is 12.1 Å². The molecule has 25 heavy (non-hydrogen) atoms. The minimum absolute atomic E-state index is 0.110. The van der Waals surface area contributed by atoms with Crippen molar-refractivity contribution in [2.75, 3.05) is 19.7 Å². The second-order valence-electron chi connectivity index (χ2n) is 8.29. The Kier molecular flexibility index (Phi) is 6.51. The Morgan fingerprint density at radius 1 is 1.12 bits per heavy atom. The van der Waals surface area contributed by atoms with Crippen molar-refractivity contribution in [3.05, 3.63) is 35.6 Å². The van der Waals surface area contributed by atoms with E-state index in [0.717, 1.165) is 44.7 Å². The van der Waals surface area contributed by atoms with Crippen LogP contribution in [0, 0.1) is 11.7 Å². The summed E-state index contributed by atoms with van der Waals surface area (Å²) in [5.74, 6) is 0.703. The van der Waals surface area contributed by atoms with Crippen LogP contribution in [-0.2, 0) is 5.41 Å². The fourth-order valence-electron chi connectivity index (χ4n) is 5.18. The van der Waals surface area contributed by atoms with E-state index < -0.39 is 0 Å². The lowest BCUT2D eigenvalue weighted by Crippen LogP contribution is -2.48. The standard InChI is InChI=1S/C22H34FNO/c1-18(19-6-3-2-4-7-19)24-15-13-22(14-16-24,12-5-17-25)20-8-10-21(23)11-9-20/h8-11,18-19,25H,2-7,12-17H2,1H3/t18-/m0/s1. The summed E-state index contributed by atoms with van der Waals surface area (Å²) < 4.78 is 13.4. The lowest BCUT2D eigenvalue weighted by atomic mass is 9.69. The number of aliphatic hydroxyl groups excluding tert-OH is 1. The Labute approximate surface area is 152 Å². The zero-order valence-corrected chi connectivity index (χ0v) is 15.7. The van der Waals surface area contributed by atoms with Crippen molar-refractivity contribution < 1.29 is 9.50 Å². The number of nitrogens with zero attached hydrogens (tertiary/aromatic N) is 1. The lowest BCUT2D eigenvalue weighted by Gasteiger charge is -2.46. The maximum absolute atomic E-state index is 13.4. The molecule has 1 atom stereocenters. The van der Waals surface area contributed by atoms with Crippen molar-refractivity contribution in [3.8, 4) is 0 Å². The molecular weight excluding hydrogens is 313 g/mol. The van der Waals surface area contributed by atoms with Gasteiger partial charge in [0, 0.05) is 12.6 Å². The third kappa shape index (κ3) is 4.43. The van der Waals surface area contributed by atoms with Gasteiger partial charge in [-0.05, 0) is 87.6 Å². The van der Waals surface area contributed by atoms with E-state index in [2.05, 4.69) is 11.8 Å². The Balaban J connectivity index is 1.67. The van der Waals surface area contributed by atoms with Gasteiger partial charge in [0.2, 0.25) is 0 Å². The minimum Gasteiger partial charge on any atom is -0.396 e. The Morgan fingerprint density at radius 3 is 2.36 bits per heavy atom. The highest BCUT2D eigenvalue weighted by molar-refractivity contribution is 5.27. The maximum Gasteiger partial charge on any atom is 0.123 e. The zero-order valence-electron chi connectivity index (χ0n) is 15.7. The number of aliphatic hydroxyl groups is 1. The number of benzene rings is 1. The highest BCUT2D eigenvalue weighted by atomic mass is 19.1. The molecule has 1 aromatic carbocycles. The molecule has 0 spiro atoms. The minimum atomic E-state index is -0.163. The van der Waals surface area contributed by atoms with Crippen molar-refractivity contribution in [3.63, 3.8) is 0 Å². The predicted octanol–water partition coefficient (Wildman–Crippen LogP) is 4.90. The molecule has 2 fully saturated rings. The third-order valence-electron chi connectivity index (χ3n) is 6.93. The van der Waals surface area contributed by atoms with Crippen LogP contribution in [0.25, 0.3) is 0 Å². The van der Waals surface area contributed by atoms with Crippen LogP contribution in [-0.4, -0.2) is 35.7 Å². The summed E-state index contributed by atoms with van der Waals surface area (Å²) in [5, 5.41) is 9.34. The summed E-state index contributed by atoms with van der Waals surface area (Å²) in [7, 11) is 0. The molecule has 3 rings (SSSR count). The summed E-state index contributed by atoms with van der Waals surface area (Å²) in [4.78, 5) is 2.69. The number of hydrogen-bond acceptors (Lipinski definition) is 2. The van der Waals surface area contributed by atoms with Gasteiger partial charge in [-0.3, -0.25) is 0 Å². The molecule has 1 N–H and O–H groups in total. The topological polar surface area (TPSA) is 23.5 Å². The molecule has 1 saturated heterocycles. The van der Waals surface area contributed by atoms with Crippen LogP contribution in [0.4, 0.5) is 4.39 Å². The van der Waals surface area contributed by atoms with Crippen LogP contribution < -0.4 is 0 Å². The molecule has 1 heterocycles. The molecule has 0 bridgehead atoms. The van der Waals surface area contributed by atoms with Crippen molar-refractivity contribution in [1.29, 1.82) is 0 Å². The third-order valence-corrected chi connectivity index (χ3v) is 6.93. The Bertz CT molecular complexity index is 515. The van der Waals surface area contributed by atoms with Crippen LogP contribution >= 0.6 is 0 Å². The number of piperidine rings is 1. The fraction of sp³-hybridized carbons (Fsp3) is 0.727. The molecule has 3 heteroatoms. The van der Waals surface area contributed by atoms with Gasteiger partial charge in [-0.25, -0.2) is 4.39 Å². The first kappa shape index (κ1) is 18.8. The first-order valence-corrected chi connectivity index (χ1v) is 10.3. The van der Waals surface area contributed by atoms with Gasteiger partial charge in [0.15, 0.2) is 0 Å². The predicted molar refractivity (Wildman–Crippen MR) is 101 cm³/mol. The monoisotopic (exact) mass is 347 g/mol. The van der Waals surface area contributed by atoms with E-state index in [0.29, 0.717) is 6.04 Å². The van der Waals surface area contributed by atoms with E-state index in [1.165, 1.54) is 37.7 Å². The molecular formula is C22H34FNO. The molecule has 1 aromatic rings. The molecule has 2 nitrogen and oxygen atoms in total. The van der Waals surface area contributed by atoms with Crippen molar-refractivity contribution in [2.24, 2.45) is 5.92 Å². The fourth-order valence-corrected chi connectivity index (χ4v) is 5.18. The molecule has 0 unspecified atom stereocenters. The maximum atomic E-state index is 13.4. The molecule has 2 aliphatic rings. The highest BCUT2D eigenvalue weighted by Crippen LogP contribution is 2.41. The molecule has 1 saturated carbocycles. The van der Waals surface area contributed by atoms with Crippen LogP contribution in [0.5, 0.6) is 0 Å². The second-order valence-corrected chi connectivity index (χ2v) is 8.29. The number of likely N-dealkylation sites (tertiary alicyclic amines) is 1. The quantitative estimate of drug-likeness (QED) is 0.791. The van der Waals surface area contributed by atoms with Gasteiger partial charge in [0.05, 0.1) is 0 Å². The molecule has 0 amide bonds. The van der Waals surface area contributed by atoms with Crippen molar-refractivity contribution in [1.82, 2.24) is 4.90 Å². The summed E-state index contributed by atoms with van der Waals surface area (Å²) in [6.07, 6.45) is 11.1. The largest absolute Gasteiger partial charge is 0.396 e. The van der Waals surface area contributed by atoms with Gasteiger partial charge in [0.25, 0.3) is 0 Å². The van der Waals surface area contributed by atoms with Crippen LogP contribution in [0.2, 0.25) is 0 Å². The normalized spacial score (nSPS) is 23.5. The summed E-state index contributed by atoms with van der Waals surface area (Å²) in [6, 6.07) is 7.80. The van der Waals surface area contributed by atoms with Gasteiger partial charge in [0.1, 0.15) is 5.82 Å². The first-order valence-electron chi connectivity index (χ1n) is 10.3. The van der Waals surface area contributed by atoms with Gasteiger partial charge in [-0.1, -0.05) is 31.4 Å². The lowest BCUT2D eigenvalue weighted by molar-refractivity contribution is 0.0723. The Morgan fingerprint density at radius 2 is 1.76 bits per heavy atom. The molecule has 0 radical (unpaired) electrons. The van der Waals surface area contributed by atoms with Crippen LogP contribution in [0.3, 0.4) is 0 Å². The molecule has 0 aromatic heterocycles. The average molecular weight is 348 g/mol. The van der Waals surface area contributed by atoms with E-state index in [4.69, 9.17) is 0 Å². The highest BCUT2D eigenvalue weighted by Gasteiger charge is 2.38. The SMILES string of the molecule is C[C@@H](C1CCCCC1)N1CCC(CCCO)(c2ccc(F)cc2)CC1. The average Bonchev–Trinajstić information content (AvgIpc) is 2.67. The molecule has 1 aliphatic carbocycles. The smallest absolute Gasteiger partial charge is 0.123 e. The molecule has 140 valence electrons. The van der Waals surface area contributed by atoms with E-state index >= 15 is 0 Å². The van der Waals surface area contributed by atoms with Gasteiger partial charge < -0.3 is 10.0 Å². The Hall–Kier alpha value is -0.930. The zero-order chi connectivity index (χ0) is 17.7. The number of halogens is 1. The summed E-state index contributed by atoms with van der Waals surface area (Å²) in [6.45, 7) is 4.92. The van der Waals surface area contributed by atoms with Gasteiger partial charge in [-0.15, -0.1) is 0 Å². The summed E-state index contributed by atoms with van der Waals surface area (Å²) >= 11 is 0.